The van der Waals surface area contributed by atoms with E-state index in [4.69, 9.17) is 16.3 Å². The Bertz CT molecular complexity index is 436. The van der Waals surface area contributed by atoms with Gasteiger partial charge in [-0.3, -0.25) is 0 Å². The molecule has 0 bridgehead atoms. The Morgan fingerprint density at radius 3 is 2.79 bits per heavy atom. The molecule has 1 aliphatic rings. The van der Waals surface area contributed by atoms with Crippen molar-refractivity contribution in [3.63, 3.8) is 0 Å². The number of rotatable bonds is 5. The van der Waals surface area contributed by atoms with E-state index in [0.717, 1.165) is 25.5 Å². The van der Waals surface area contributed by atoms with Gasteiger partial charge in [-0.05, 0) is 37.1 Å². The van der Waals surface area contributed by atoms with Gasteiger partial charge in [-0.2, -0.15) is 0 Å². The summed E-state index contributed by atoms with van der Waals surface area (Å²) in [5, 5.41) is 3.62. The Morgan fingerprint density at radius 2 is 2.16 bits per heavy atom. The number of hydrogen-bond donors (Lipinski definition) is 1. The van der Waals surface area contributed by atoms with E-state index in [1.54, 1.807) is 0 Å². The molecular formula is C14H18ClF2NO. The molecule has 1 aromatic rings. The number of nitrogens with one attached hydrogen (secondary N) is 1. The van der Waals surface area contributed by atoms with Crippen molar-refractivity contribution in [3.8, 4) is 0 Å². The predicted octanol–water partition coefficient (Wildman–Crippen LogP) is 3.70. The fourth-order valence-electron chi connectivity index (χ4n) is 2.42. The van der Waals surface area contributed by atoms with Crippen LogP contribution in [0.1, 0.15) is 31.4 Å². The molecule has 2 rings (SSSR count). The van der Waals surface area contributed by atoms with Gasteiger partial charge in [0.15, 0.2) is 11.6 Å². The van der Waals surface area contributed by atoms with Crippen molar-refractivity contribution in [3.05, 3.63) is 34.4 Å². The lowest BCUT2D eigenvalue weighted by molar-refractivity contribution is 0.176. The average Bonchev–Trinajstić information content (AvgIpc) is 2.89. The lowest BCUT2D eigenvalue weighted by atomic mass is 9.92. The van der Waals surface area contributed by atoms with Crippen LogP contribution >= 0.6 is 11.6 Å². The van der Waals surface area contributed by atoms with Crippen molar-refractivity contribution in [2.24, 2.45) is 5.92 Å². The van der Waals surface area contributed by atoms with Crippen LogP contribution in [0.15, 0.2) is 12.1 Å². The second-order valence-corrected chi connectivity index (χ2v) is 5.25. The fourth-order valence-corrected chi connectivity index (χ4v) is 2.69. The van der Waals surface area contributed by atoms with Crippen LogP contribution in [0.3, 0.4) is 0 Å². The van der Waals surface area contributed by atoms with E-state index in [9.17, 15) is 8.78 Å². The van der Waals surface area contributed by atoms with Gasteiger partial charge in [0.2, 0.25) is 0 Å². The lowest BCUT2D eigenvalue weighted by Gasteiger charge is -2.25. The Morgan fingerprint density at radius 1 is 1.42 bits per heavy atom. The maximum Gasteiger partial charge on any atom is 0.160 e. The summed E-state index contributed by atoms with van der Waals surface area (Å²) in [6.45, 7) is 4.19. The van der Waals surface area contributed by atoms with Crippen LogP contribution in [0, 0.1) is 17.6 Å². The van der Waals surface area contributed by atoms with Gasteiger partial charge >= 0.3 is 0 Å². The molecule has 2 unspecified atom stereocenters. The van der Waals surface area contributed by atoms with E-state index in [1.807, 2.05) is 0 Å². The number of benzene rings is 1. The maximum atomic E-state index is 13.4. The Kier molecular flexibility index (Phi) is 5.13. The van der Waals surface area contributed by atoms with E-state index in [1.165, 1.54) is 6.07 Å². The first-order valence-electron chi connectivity index (χ1n) is 6.59. The molecule has 0 spiro atoms. The molecule has 0 saturated carbocycles. The topological polar surface area (TPSA) is 21.3 Å². The van der Waals surface area contributed by atoms with Gasteiger partial charge in [0.05, 0.1) is 6.61 Å². The van der Waals surface area contributed by atoms with Gasteiger partial charge in [0.1, 0.15) is 0 Å². The van der Waals surface area contributed by atoms with Crippen LogP contribution < -0.4 is 5.32 Å². The monoisotopic (exact) mass is 289 g/mol. The van der Waals surface area contributed by atoms with Gasteiger partial charge in [0, 0.05) is 23.6 Å². The molecule has 2 nitrogen and oxygen atoms in total. The number of halogens is 3. The SMILES string of the molecule is CCCNC(c1cc(F)c(F)cc1Cl)C1CCOC1. The van der Waals surface area contributed by atoms with Crippen LogP contribution in [-0.4, -0.2) is 19.8 Å². The zero-order valence-electron chi connectivity index (χ0n) is 10.9. The van der Waals surface area contributed by atoms with Crippen LogP contribution in [0.2, 0.25) is 5.02 Å². The van der Waals surface area contributed by atoms with Crippen molar-refractivity contribution in [1.29, 1.82) is 0 Å². The third kappa shape index (κ3) is 3.44. The highest BCUT2D eigenvalue weighted by molar-refractivity contribution is 6.31. The van der Waals surface area contributed by atoms with Crippen LogP contribution in [0.5, 0.6) is 0 Å². The minimum absolute atomic E-state index is 0.0925. The second-order valence-electron chi connectivity index (χ2n) is 4.84. The summed E-state index contributed by atoms with van der Waals surface area (Å²) in [6.07, 6.45) is 1.86. The molecule has 1 heterocycles. The molecule has 0 aliphatic carbocycles. The average molecular weight is 290 g/mol. The lowest BCUT2D eigenvalue weighted by Crippen LogP contribution is -2.29. The third-order valence-corrected chi connectivity index (χ3v) is 3.75. The molecule has 1 aromatic carbocycles. The first kappa shape index (κ1) is 14.7. The molecule has 19 heavy (non-hydrogen) atoms. The van der Waals surface area contributed by atoms with Gasteiger partial charge in [0.25, 0.3) is 0 Å². The molecule has 1 fully saturated rings. The smallest absolute Gasteiger partial charge is 0.160 e. The summed E-state index contributed by atoms with van der Waals surface area (Å²) < 4.78 is 32.0. The molecule has 1 saturated heterocycles. The van der Waals surface area contributed by atoms with Crippen molar-refractivity contribution in [2.45, 2.75) is 25.8 Å². The van der Waals surface area contributed by atoms with Crippen LogP contribution in [0.4, 0.5) is 8.78 Å². The molecule has 0 aromatic heterocycles. The molecule has 1 aliphatic heterocycles. The van der Waals surface area contributed by atoms with E-state index < -0.39 is 11.6 Å². The van der Waals surface area contributed by atoms with Crippen molar-refractivity contribution in [1.82, 2.24) is 5.32 Å². The first-order valence-corrected chi connectivity index (χ1v) is 6.96. The highest BCUT2D eigenvalue weighted by atomic mass is 35.5. The number of ether oxygens (including phenoxy) is 1. The minimum Gasteiger partial charge on any atom is -0.381 e. The molecule has 5 heteroatoms. The summed E-state index contributed by atoms with van der Waals surface area (Å²) >= 11 is 6.07. The first-order chi connectivity index (χ1) is 9.13. The summed E-state index contributed by atoms with van der Waals surface area (Å²) in [5.74, 6) is -1.53. The zero-order valence-corrected chi connectivity index (χ0v) is 11.6. The van der Waals surface area contributed by atoms with E-state index >= 15 is 0 Å². The van der Waals surface area contributed by atoms with E-state index in [0.29, 0.717) is 18.8 Å². The molecule has 1 N–H and O–H groups in total. The molecule has 2 atom stereocenters. The van der Waals surface area contributed by atoms with Crippen LogP contribution in [0.25, 0.3) is 0 Å². The highest BCUT2D eigenvalue weighted by Gasteiger charge is 2.28. The van der Waals surface area contributed by atoms with Crippen molar-refractivity contribution < 1.29 is 13.5 Å². The van der Waals surface area contributed by atoms with Crippen molar-refractivity contribution in [2.75, 3.05) is 19.8 Å². The maximum absolute atomic E-state index is 13.4. The Hall–Kier alpha value is -0.710. The van der Waals surface area contributed by atoms with Gasteiger partial charge in [-0.1, -0.05) is 18.5 Å². The molecule has 0 amide bonds. The summed E-state index contributed by atoms with van der Waals surface area (Å²) in [4.78, 5) is 0. The van der Waals surface area contributed by atoms with E-state index in [2.05, 4.69) is 12.2 Å². The molecular weight excluding hydrogens is 272 g/mol. The number of hydrogen-bond acceptors (Lipinski definition) is 2. The second kappa shape index (κ2) is 6.64. The predicted molar refractivity (Wildman–Crippen MR) is 71.3 cm³/mol. The summed E-state index contributed by atoms with van der Waals surface area (Å²) in [7, 11) is 0. The normalized spacial score (nSPS) is 20.7. The third-order valence-electron chi connectivity index (χ3n) is 3.43. The molecule has 0 radical (unpaired) electrons. The Balaban J connectivity index is 2.28. The van der Waals surface area contributed by atoms with Gasteiger partial charge in [-0.15, -0.1) is 0 Å². The standard InChI is InChI=1S/C14H18ClF2NO/c1-2-4-18-14(9-3-5-19-8-9)10-6-12(16)13(17)7-11(10)15/h6-7,9,14,18H,2-5,8H2,1H3. The minimum atomic E-state index is -0.911. The largest absolute Gasteiger partial charge is 0.381 e. The quantitative estimate of drug-likeness (QED) is 0.835. The van der Waals surface area contributed by atoms with Gasteiger partial charge in [-0.25, -0.2) is 8.78 Å². The van der Waals surface area contributed by atoms with Crippen molar-refractivity contribution >= 4 is 11.6 Å². The Labute approximate surface area is 117 Å². The fraction of sp³-hybridized carbons (Fsp3) is 0.571. The van der Waals surface area contributed by atoms with E-state index in [-0.39, 0.29) is 17.0 Å². The van der Waals surface area contributed by atoms with Crippen LogP contribution in [-0.2, 0) is 4.74 Å². The molecule has 106 valence electrons. The summed E-state index contributed by atoms with van der Waals surface area (Å²) in [6, 6.07) is 2.15. The summed E-state index contributed by atoms with van der Waals surface area (Å²) in [5.41, 5.74) is 0.615. The van der Waals surface area contributed by atoms with Gasteiger partial charge < -0.3 is 10.1 Å². The highest BCUT2D eigenvalue weighted by Crippen LogP contribution is 2.34. The zero-order chi connectivity index (χ0) is 13.8.